The Morgan fingerprint density at radius 2 is 1.79 bits per heavy atom. The van der Waals surface area contributed by atoms with Crippen molar-refractivity contribution in [2.75, 3.05) is 0 Å². The third-order valence-corrected chi connectivity index (χ3v) is 5.17. The van der Waals surface area contributed by atoms with Gasteiger partial charge in [0.1, 0.15) is 5.52 Å². The zero-order valence-electron chi connectivity index (χ0n) is 17.5. The van der Waals surface area contributed by atoms with Gasteiger partial charge in [0.05, 0.1) is 17.9 Å². The number of halogens is 3. The van der Waals surface area contributed by atoms with Gasteiger partial charge in [-0.05, 0) is 41.8 Å². The number of benzene rings is 3. The van der Waals surface area contributed by atoms with E-state index in [0.29, 0.717) is 22.2 Å². The normalized spacial score (nSPS) is 12.2. The first kappa shape index (κ1) is 22.2. The van der Waals surface area contributed by atoms with Crippen LogP contribution >= 0.6 is 0 Å². The number of carboxylic acids is 1. The van der Waals surface area contributed by atoms with Gasteiger partial charge in [0.25, 0.3) is 0 Å². The number of aromatic nitrogens is 1. The Balaban J connectivity index is 1.85. The highest BCUT2D eigenvalue weighted by Gasteiger charge is 2.38. The number of rotatable bonds is 5. The Morgan fingerprint density at radius 3 is 2.45 bits per heavy atom. The Labute approximate surface area is 187 Å². The minimum atomic E-state index is -4.64. The maximum Gasteiger partial charge on any atom is 0.417 e. The largest absolute Gasteiger partial charge is 0.481 e. The van der Waals surface area contributed by atoms with E-state index >= 15 is 0 Å². The molecular formula is C26H18F3NO3. The quantitative estimate of drug-likeness (QED) is 0.342. The number of hydrogen-bond acceptors (Lipinski definition) is 3. The van der Waals surface area contributed by atoms with Crippen LogP contribution in [0.15, 0.2) is 71.1 Å². The van der Waals surface area contributed by atoms with Crippen molar-refractivity contribution in [2.24, 2.45) is 0 Å². The number of nitrogens with zero attached hydrogens (tertiary/aromatic N) is 1. The number of hydrogen-bond donors (Lipinski definition) is 1. The number of aliphatic carboxylic acids is 1. The van der Waals surface area contributed by atoms with E-state index < -0.39 is 23.6 Å². The van der Waals surface area contributed by atoms with Gasteiger partial charge < -0.3 is 9.52 Å². The van der Waals surface area contributed by atoms with E-state index in [9.17, 15) is 18.0 Å². The number of oxazole rings is 1. The van der Waals surface area contributed by atoms with Gasteiger partial charge in [-0.25, -0.2) is 4.98 Å². The predicted molar refractivity (Wildman–Crippen MR) is 118 cm³/mol. The first-order chi connectivity index (χ1) is 15.8. The summed E-state index contributed by atoms with van der Waals surface area (Å²) in [6.07, 6.45) is -4.84. The van der Waals surface area contributed by atoms with Gasteiger partial charge in [-0.3, -0.25) is 4.79 Å². The van der Waals surface area contributed by atoms with Crippen molar-refractivity contribution in [3.05, 3.63) is 77.9 Å². The van der Waals surface area contributed by atoms with Crippen LogP contribution in [0, 0.1) is 11.8 Å². The number of fused-ring (bicyclic) bond motifs is 1. The highest BCUT2D eigenvalue weighted by molar-refractivity contribution is 5.81. The fraction of sp³-hybridized carbons (Fsp3) is 0.154. The SMILES string of the molecule is CC#CC(CC(=O)O)c1ccc2oc(-c3cccc(-c4ccccc4)c3C(F)(F)F)nc2c1. The average Bonchev–Trinajstić information content (AvgIpc) is 3.21. The molecule has 0 spiro atoms. The molecule has 0 fully saturated rings. The van der Waals surface area contributed by atoms with E-state index in [1.54, 1.807) is 55.5 Å². The molecule has 1 unspecified atom stereocenters. The van der Waals surface area contributed by atoms with E-state index in [-0.39, 0.29) is 23.4 Å². The number of carbonyl (C=O) groups is 1. The van der Waals surface area contributed by atoms with Crippen LogP contribution in [0.5, 0.6) is 0 Å². The molecular weight excluding hydrogens is 431 g/mol. The van der Waals surface area contributed by atoms with Gasteiger partial charge >= 0.3 is 12.1 Å². The van der Waals surface area contributed by atoms with Crippen LogP contribution in [-0.2, 0) is 11.0 Å². The first-order valence-electron chi connectivity index (χ1n) is 10.1. The summed E-state index contributed by atoms with van der Waals surface area (Å²) in [7, 11) is 0. The van der Waals surface area contributed by atoms with Gasteiger partial charge in [0, 0.05) is 5.56 Å². The molecule has 33 heavy (non-hydrogen) atoms. The third kappa shape index (κ3) is 4.60. The average molecular weight is 449 g/mol. The van der Waals surface area contributed by atoms with E-state index in [1.807, 2.05) is 0 Å². The Bertz CT molecular complexity index is 1380. The van der Waals surface area contributed by atoms with E-state index in [2.05, 4.69) is 16.8 Å². The molecule has 0 radical (unpaired) electrons. The van der Waals surface area contributed by atoms with Crippen molar-refractivity contribution >= 4 is 17.1 Å². The second-order valence-electron chi connectivity index (χ2n) is 7.38. The maximum absolute atomic E-state index is 14.2. The molecule has 0 amide bonds. The van der Waals surface area contributed by atoms with Gasteiger partial charge in [-0.1, -0.05) is 54.5 Å². The van der Waals surface area contributed by atoms with Crippen LogP contribution in [0.2, 0.25) is 0 Å². The van der Waals surface area contributed by atoms with Crippen molar-refractivity contribution in [3.63, 3.8) is 0 Å². The van der Waals surface area contributed by atoms with Crippen molar-refractivity contribution < 1.29 is 27.5 Å². The molecule has 4 aromatic rings. The molecule has 1 heterocycles. The smallest absolute Gasteiger partial charge is 0.417 e. The summed E-state index contributed by atoms with van der Waals surface area (Å²) < 4.78 is 48.2. The first-order valence-corrected chi connectivity index (χ1v) is 10.1. The van der Waals surface area contributed by atoms with Crippen molar-refractivity contribution in [1.82, 2.24) is 4.98 Å². The topological polar surface area (TPSA) is 63.3 Å². The second kappa shape index (κ2) is 8.83. The van der Waals surface area contributed by atoms with E-state index in [0.717, 1.165) is 0 Å². The van der Waals surface area contributed by atoms with Crippen molar-refractivity contribution in [2.45, 2.75) is 25.4 Å². The highest BCUT2D eigenvalue weighted by atomic mass is 19.4. The fourth-order valence-corrected chi connectivity index (χ4v) is 3.77. The Morgan fingerprint density at radius 1 is 1.06 bits per heavy atom. The van der Waals surface area contributed by atoms with Gasteiger partial charge in [-0.2, -0.15) is 13.2 Å². The zero-order valence-corrected chi connectivity index (χ0v) is 17.5. The van der Waals surface area contributed by atoms with Crippen LogP contribution in [0.1, 0.15) is 30.4 Å². The molecule has 1 aromatic heterocycles. The molecule has 0 aliphatic rings. The number of alkyl halides is 3. The Kier molecular flexibility index (Phi) is 5.93. The molecule has 4 nitrogen and oxygen atoms in total. The summed E-state index contributed by atoms with van der Waals surface area (Å²) in [4.78, 5) is 15.5. The lowest BCUT2D eigenvalue weighted by molar-refractivity contribution is -0.137. The summed E-state index contributed by atoms with van der Waals surface area (Å²) in [6, 6.07) is 17.4. The lowest BCUT2D eigenvalue weighted by atomic mass is 9.95. The van der Waals surface area contributed by atoms with Crippen molar-refractivity contribution in [3.8, 4) is 34.4 Å². The predicted octanol–water partition coefficient (Wildman–Crippen LogP) is 6.76. The van der Waals surface area contributed by atoms with Crippen LogP contribution in [-0.4, -0.2) is 16.1 Å². The standard InChI is InChI=1S/C26H18F3NO3/c1-2-7-17(15-23(31)32)18-12-13-22-21(14-18)30-25(33-22)20-11-6-10-19(24(20)26(27,28)29)16-8-4-3-5-9-16/h3-6,8-14,17H,15H2,1H3,(H,31,32). The Hall–Kier alpha value is -4.05. The summed E-state index contributed by atoms with van der Waals surface area (Å²) in [5.41, 5.74) is 0.691. The fourth-order valence-electron chi connectivity index (χ4n) is 3.77. The molecule has 7 heteroatoms. The van der Waals surface area contributed by atoms with E-state index in [4.69, 9.17) is 9.52 Å². The molecule has 0 saturated heterocycles. The monoisotopic (exact) mass is 449 g/mol. The summed E-state index contributed by atoms with van der Waals surface area (Å²) in [5, 5.41) is 9.16. The highest BCUT2D eigenvalue weighted by Crippen LogP contribution is 2.43. The lowest BCUT2D eigenvalue weighted by Crippen LogP contribution is -2.09. The molecule has 166 valence electrons. The number of carboxylic acid groups (broad SMARTS) is 1. The van der Waals surface area contributed by atoms with Gasteiger partial charge in [0.15, 0.2) is 5.58 Å². The molecule has 0 bridgehead atoms. The van der Waals surface area contributed by atoms with Gasteiger partial charge in [-0.15, -0.1) is 5.92 Å². The minimum absolute atomic E-state index is 0.0308. The van der Waals surface area contributed by atoms with Crippen molar-refractivity contribution in [1.29, 1.82) is 0 Å². The molecule has 3 aromatic carbocycles. The lowest BCUT2D eigenvalue weighted by Gasteiger charge is -2.16. The van der Waals surface area contributed by atoms with Crippen LogP contribution in [0.3, 0.4) is 0 Å². The molecule has 0 aliphatic heterocycles. The van der Waals surface area contributed by atoms with Gasteiger partial charge in [0.2, 0.25) is 5.89 Å². The molecule has 1 N–H and O–H groups in total. The summed E-state index contributed by atoms with van der Waals surface area (Å²) >= 11 is 0. The molecule has 4 rings (SSSR count). The van der Waals surface area contributed by atoms with Crippen LogP contribution in [0.4, 0.5) is 13.2 Å². The van der Waals surface area contributed by atoms with Crippen LogP contribution in [0.25, 0.3) is 33.7 Å². The molecule has 0 saturated carbocycles. The van der Waals surface area contributed by atoms with Crippen LogP contribution < -0.4 is 0 Å². The summed E-state index contributed by atoms with van der Waals surface area (Å²) in [6.45, 7) is 1.61. The second-order valence-corrected chi connectivity index (χ2v) is 7.38. The maximum atomic E-state index is 14.2. The summed E-state index contributed by atoms with van der Waals surface area (Å²) in [5.74, 6) is 3.83. The molecule has 0 aliphatic carbocycles. The van der Waals surface area contributed by atoms with E-state index in [1.165, 1.54) is 18.2 Å². The molecule has 1 atom stereocenters. The third-order valence-electron chi connectivity index (χ3n) is 5.17. The zero-order chi connectivity index (χ0) is 23.6. The minimum Gasteiger partial charge on any atom is -0.481 e.